The number of carbonyl (C=O) groups excluding carboxylic acids is 1. The molecule has 0 saturated heterocycles. The van der Waals surface area contributed by atoms with E-state index in [9.17, 15) is 4.79 Å². The van der Waals surface area contributed by atoms with Gasteiger partial charge in [0.05, 0.1) is 12.4 Å². The fourth-order valence-corrected chi connectivity index (χ4v) is 5.08. The lowest BCUT2D eigenvalue weighted by Crippen LogP contribution is -2.39. The zero-order valence-corrected chi connectivity index (χ0v) is 16.9. The summed E-state index contributed by atoms with van der Waals surface area (Å²) in [7, 11) is 1.65. The number of fused-ring (bicyclic) bond motifs is 1. The maximum absolute atomic E-state index is 12.9. The van der Waals surface area contributed by atoms with Crippen LogP contribution in [0.1, 0.15) is 17.4 Å². The van der Waals surface area contributed by atoms with Crippen molar-refractivity contribution in [2.75, 3.05) is 13.7 Å². The lowest BCUT2D eigenvalue weighted by Gasteiger charge is -2.29. The Labute approximate surface area is 167 Å². The van der Waals surface area contributed by atoms with E-state index >= 15 is 0 Å². The summed E-state index contributed by atoms with van der Waals surface area (Å²) in [6.45, 7) is 3.48. The van der Waals surface area contributed by atoms with Crippen LogP contribution in [0.4, 0.5) is 0 Å². The molecule has 0 radical (unpaired) electrons. The number of imidazole rings is 1. The summed E-state index contributed by atoms with van der Waals surface area (Å²) >= 11 is 3.29. The first-order valence-corrected chi connectivity index (χ1v) is 10.6. The van der Waals surface area contributed by atoms with Gasteiger partial charge in [-0.25, -0.2) is 4.98 Å². The maximum atomic E-state index is 12.9. The lowest BCUT2D eigenvalue weighted by atomic mass is 10.1. The van der Waals surface area contributed by atoms with Crippen LogP contribution >= 0.6 is 23.1 Å². The van der Waals surface area contributed by atoms with Crippen molar-refractivity contribution in [3.8, 4) is 11.4 Å². The van der Waals surface area contributed by atoms with Gasteiger partial charge in [0.2, 0.25) is 5.91 Å². The second-order valence-electron chi connectivity index (χ2n) is 6.42. The highest BCUT2D eigenvalue weighted by molar-refractivity contribution is 8.00. The normalized spacial score (nSPS) is 14.7. The van der Waals surface area contributed by atoms with Crippen LogP contribution in [0.25, 0.3) is 5.69 Å². The van der Waals surface area contributed by atoms with Crippen LogP contribution in [0.3, 0.4) is 0 Å². The number of benzene rings is 1. The highest BCUT2D eigenvalue weighted by Gasteiger charge is 2.26. The van der Waals surface area contributed by atoms with Crippen molar-refractivity contribution in [3.05, 3.63) is 58.5 Å². The fraction of sp³-hybridized carbons (Fsp3) is 0.300. The molecule has 0 fully saturated rings. The van der Waals surface area contributed by atoms with Crippen LogP contribution in [-0.4, -0.2) is 39.3 Å². The third-order valence-electron chi connectivity index (χ3n) is 4.71. The van der Waals surface area contributed by atoms with Crippen LogP contribution in [0, 0.1) is 0 Å². The zero-order chi connectivity index (χ0) is 18.8. The third kappa shape index (κ3) is 3.75. The standard InChI is InChI=1S/C20H21N3O2S2/c1-14(19(24)22-10-7-18-15(13-22)8-12-26-18)27-20-21-9-11-23(20)16-3-5-17(25-2)6-4-16/h3-6,8-9,11-12,14H,7,10,13H2,1-2H3. The van der Waals surface area contributed by atoms with Gasteiger partial charge in [-0.05, 0) is 54.6 Å². The molecule has 1 aliphatic heterocycles. The molecule has 1 atom stereocenters. The van der Waals surface area contributed by atoms with Crippen LogP contribution in [0.2, 0.25) is 0 Å². The molecule has 0 bridgehead atoms. The predicted molar refractivity (Wildman–Crippen MR) is 109 cm³/mol. The van der Waals surface area contributed by atoms with Gasteiger partial charge in [0.1, 0.15) is 5.75 Å². The first kappa shape index (κ1) is 18.1. The van der Waals surface area contributed by atoms with E-state index < -0.39 is 0 Å². The largest absolute Gasteiger partial charge is 0.497 e. The first-order valence-electron chi connectivity index (χ1n) is 8.84. The van der Waals surface area contributed by atoms with Gasteiger partial charge in [0, 0.05) is 36.0 Å². The minimum Gasteiger partial charge on any atom is -0.497 e. The van der Waals surface area contributed by atoms with Crippen LogP contribution < -0.4 is 4.74 Å². The van der Waals surface area contributed by atoms with Gasteiger partial charge >= 0.3 is 0 Å². The molecule has 7 heteroatoms. The van der Waals surface area contributed by atoms with E-state index in [1.165, 1.54) is 22.2 Å². The highest BCUT2D eigenvalue weighted by Crippen LogP contribution is 2.29. The van der Waals surface area contributed by atoms with E-state index in [4.69, 9.17) is 4.74 Å². The summed E-state index contributed by atoms with van der Waals surface area (Å²) in [5.74, 6) is 0.982. The smallest absolute Gasteiger partial charge is 0.236 e. The Kier molecular flexibility index (Phi) is 5.22. The minimum absolute atomic E-state index is 0.168. The zero-order valence-electron chi connectivity index (χ0n) is 15.3. The molecular formula is C20H21N3O2S2. The molecule has 3 heterocycles. The lowest BCUT2D eigenvalue weighted by molar-refractivity contribution is -0.131. The van der Waals surface area contributed by atoms with Gasteiger partial charge in [0.15, 0.2) is 5.16 Å². The van der Waals surface area contributed by atoms with Crippen molar-refractivity contribution < 1.29 is 9.53 Å². The molecule has 1 unspecified atom stereocenters. The van der Waals surface area contributed by atoms with E-state index in [-0.39, 0.29) is 11.2 Å². The van der Waals surface area contributed by atoms with Crippen molar-refractivity contribution in [2.45, 2.75) is 30.3 Å². The molecule has 2 aromatic heterocycles. The third-order valence-corrected chi connectivity index (χ3v) is 6.80. The van der Waals surface area contributed by atoms with Gasteiger partial charge in [-0.1, -0.05) is 11.8 Å². The van der Waals surface area contributed by atoms with Crippen molar-refractivity contribution in [3.63, 3.8) is 0 Å². The molecule has 3 aromatic rings. The van der Waals surface area contributed by atoms with Crippen LogP contribution in [-0.2, 0) is 17.8 Å². The summed E-state index contributed by atoms with van der Waals surface area (Å²) in [5, 5.41) is 2.74. The van der Waals surface area contributed by atoms with Crippen molar-refractivity contribution in [1.82, 2.24) is 14.5 Å². The number of aromatic nitrogens is 2. The maximum Gasteiger partial charge on any atom is 0.236 e. The predicted octanol–water partition coefficient (Wildman–Crippen LogP) is 4.01. The number of carbonyl (C=O) groups is 1. The highest BCUT2D eigenvalue weighted by atomic mass is 32.2. The van der Waals surface area contributed by atoms with Gasteiger partial charge < -0.3 is 9.64 Å². The number of amides is 1. The first-order chi connectivity index (χ1) is 13.2. The van der Waals surface area contributed by atoms with Crippen molar-refractivity contribution in [1.29, 1.82) is 0 Å². The molecule has 140 valence electrons. The number of nitrogens with zero attached hydrogens (tertiary/aromatic N) is 3. The van der Waals surface area contributed by atoms with Crippen molar-refractivity contribution in [2.24, 2.45) is 0 Å². The molecule has 4 rings (SSSR count). The molecule has 0 spiro atoms. The second-order valence-corrected chi connectivity index (χ2v) is 8.73. The van der Waals surface area contributed by atoms with Gasteiger partial charge in [-0.3, -0.25) is 9.36 Å². The Morgan fingerprint density at radius 1 is 1.30 bits per heavy atom. The molecule has 1 aliphatic rings. The number of thioether (sulfide) groups is 1. The average Bonchev–Trinajstić information content (AvgIpc) is 3.36. The Balaban J connectivity index is 1.46. The van der Waals surface area contributed by atoms with Crippen LogP contribution in [0.5, 0.6) is 5.75 Å². The van der Waals surface area contributed by atoms with E-state index in [1.807, 2.05) is 46.9 Å². The molecule has 1 aromatic carbocycles. The number of ether oxygens (including phenoxy) is 1. The Bertz CT molecular complexity index is 933. The van der Waals surface area contributed by atoms with Crippen LogP contribution in [0.15, 0.2) is 53.3 Å². The molecule has 5 nitrogen and oxygen atoms in total. The monoisotopic (exact) mass is 399 g/mol. The van der Waals surface area contributed by atoms with E-state index in [2.05, 4.69) is 16.4 Å². The molecule has 0 N–H and O–H groups in total. The van der Waals surface area contributed by atoms with E-state index in [0.29, 0.717) is 0 Å². The number of rotatable bonds is 5. The summed E-state index contributed by atoms with van der Waals surface area (Å²) in [5.41, 5.74) is 2.29. The van der Waals surface area contributed by atoms with E-state index in [1.54, 1.807) is 24.6 Å². The molecule has 27 heavy (non-hydrogen) atoms. The van der Waals surface area contributed by atoms with Crippen molar-refractivity contribution >= 4 is 29.0 Å². The quantitative estimate of drug-likeness (QED) is 0.608. The summed E-state index contributed by atoms with van der Waals surface area (Å²) in [6, 6.07) is 9.95. The van der Waals surface area contributed by atoms with Gasteiger partial charge in [-0.2, -0.15) is 0 Å². The van der Waals surface area contributed by atoms with Gasteiger partial charge in [-0.15, -0.1) is 11.3 Å². The van der Waals surface area contributed by atoms with E-state index in [0.717, 1.165) is 36.1 Å². The summed E-state index contributed by atoms with van der Waals surface area (Å²) in [4.78, 5) is 20.8. The minimum atomic E-state index is -0.190. The SMILES string of the molecule is COc1ccc(-n2ccnc2SC(C)C(=O)N2CCc3sccc3C2)cc1. The topological polar surface area (TPSA) is 47.4 Å². The second kappa shape index (κ2) is 7.78. The summed E-state index contributed by atoms with van der Waals surface area (Å²) < 4.78 is 7.22. The van der Waals surface area contributed by atoms with Gasteiger partial charge in [0.25, 0.3) is 0 Å². The number of methoxy groups -OCH3 is 1. The Morgan fingerprint density at radius 3 is 2.89 bits per heavy atom. The fourth-order valence-electron chi connectivity index (χ4n) is 3.22. The molecule has 1 amide bonds. The molecule has 0 saturated carbocycles. The Morgan fingerprint density at radius 2 is 2.11 bits per heavy atom. The molecular weight excluding hydrogens is 378 g/mol. The average molecular weight is 400 g/mol. The number of hydrogen-bond donors (Lipinski definition) is 0. The number of thiophene rings is 1. The number of hydrogen-bond acceptors (Lipinski definition) is 5. The Hall–Kier alpha value is -2.25. The molecule has 0 aliphatic carbocycles. The summed E-state index contributed by atoms with van der Waals surface area (Å²) in [6.07, 6.45) is 4.64.